The van der Waals surface area contributed by atoms with Gasteiger partial charge in [0.1, 0.15) is 10.6 Å². The lowest BCUT2D eigenvalue weighted by Gasteiger charge is -2.22. The summed E-state index contributed by atoms with van der Waals surface area (Å²) in [6.07, 6.45) is 1.79. The highest BCUT2D eigenvalue weighted by Crippen LogP contribution is 2.27. The summed E-state index contributed by atoms with van der Waals surface area (Å²) in [4.78, 5) is 0.208. The average Bonchev–Trinajstić information content (AvgIpc) is 2.48. The number of hydrogen-bond acceptors (Lipinski definition) is 4. The maximum Gasteiger partial charge on any atom is 0.244 e. The Kier molecular flexibility index (Phi) is 5.24. The smallest absolute Gasteiger partial charge is 0.244 e. The van der Waals surface area contributed by atoms with E-state index in [0.29, 0.717) is 31.4 Å². The molecule has 0 unspecified atom stereocenters. The van der Waals surface area contributed by atoms with Crippen molar-refractivity contribution < 1.29 is 17.9 Å². The van der Waals surface area contributed by atoms with Gasteiger partial charge in [0.25, 0.3) is 0 Å². The molecular formula is C15H23NO4S. The van der Waals surface area contributed by atoms with E-state index in [-0.39, 0.29) is 4.90 Å². The van der Waals surface area contributed by atoms with Crippen LogP contribution in [0.2, 0.25) is 0 Å². The first-order valence-corrected chi connectivity index (χ1v) is 8.65. The first-order valence-electron chi connectivity index (χ1n) is 7.16. The zero-order chi connectivity index (χ0) is 15.5. The molecule has 0 saturated carbocycles. The van der Waals surface area contributed by atoms with Crippen molar-refractivity contribution in [2.75, 3.05) is 26.9 Å². The van der Waals surface area contributed by atoms with Crippen molar-refractivity contribution >= 4 is 10.0 Å². The third-order valence-electron chi connectivity index (χ3n) is 3.97. The quantitative estimate of drug-likeness (QED) is 0.903. The molecule has 21 heavy (non-hydrogen) atoms. The summed E-state index contributed by atoms with van der Waals surface area (Å²) in [6, 6.07) is 3.43. The van der Waals surface area contributed by atoms with Crippen LogP contribution in [-0.2, 0) is 14.8 Å². The molecule has 6 heteroatoms. The number of rotatable bonds is 5. The van der Waals surface area contributed by atoms with Crippen LogP contribution in [0, 0.1) is 19.8 Å². The third-order valence-corrected chi connectivity index (χ3v) is 5.42. The number of aryl methyl sites for hydroxylation is 2. The molecule has 1 aromatic rings. The van der Waals surface area contributed by atoms with Gasteiger partial charge in [-0.05, 0) is 55.9 Å². The summed E-state index contributed by atoms with van der Waals surface area (Å²) in [6.45, 7) is 5.69. The SMILES string of the molecule is COc1cc(C)c(C)cc1S(=O)(=O)NCC1CCOCC1. The standard InChI is InChI=1S/C15H23NO4S/c1-11-8-14(19-3)15(9-12(11)2)21(17,18)16-10-13-4-6-20-7-5-13/h8-9,13,16H,4-7,10H2,1-3H3. The van der Waals surface area contributed by atoms with Gasteiger partial charge in [-0.2, -0.15) is 0 Å². The lowest BCUT2D eigenvalue weighted by molar-refractivity contribution is 0.0678. The van der Waals surface area contributed by atoms with Gasteiger partial charge in [0.15, 0.2) is 0 Å². The van der Waals surface area contributed by atoms with E-state index in [4.69, 9.17) is 9.47 Å². The highest BCUT2D eigenvalue weighted by atomic mass is 32.2. The second-order valence-corrected chi connectivity index (χ2v) is 7.23. The number of ether oxygens (including phenoxy) is 2. The average molecular weight is 313 g/mol. The fourth-order valence-corrected chi connectivity index (χ4v) is 3.74. The summed E-state index contributed by atoms with van der Waals surface area (Å²) in [5, 5.41) is 0. The molecule has 0 spiro atoms. The van der Waals surface area contributed by atoms with E-state index in [1.807, 2.05) is 13.8 Å². The molecule has 1 aliphatic rings. The monoisotopic (exact) mass is 313 g/mol. The van der Waals surface area contributed by atoms with Crippen molar-refractivity contribution in [3.63, 3.8) is 0 Å². The molecule has 1 N–H and O–H groups in total. The highest BCUT2D eigenvalue weighted by molar-refractivity contribution is 7.89. The Labute approximate surface area is 126 Å². The first kappa shape index (κ1) is 16.3. The van der Waals surface area contributed by atoms with Gasteiger partial charge in [0.05, 0.1) is 7.11 Å². The minimum atomic E-state index is -3.56. The molecule has 0 atom stereocenters. The van der Waals surface area contributed by atoms with Crippen LogP contribution in [0.15, 0.2) is 17.0 Å². The van der Waals surface area contributed by atoms with Gasteiger partial charge in [0, 0.05) is 19.8 Å². The Hall–Kier alpha value is -1.11. The van der Waals surface area contributed by atoms with E-state index < -0.39 is 10.0 Å². The molecule has 118 valence electrons. The molecule has 2 rings (SSSR count). The van der Waals surface area contributed by atoms with Crippen LogP contribution >= 0.6 is 0 Å². The van der Waals surface area contributed by atoms with Crippen LogP contribution in [0.25, 0.3) is 0 Å². The van der Waals surface area contributed by atoms with Crippen LogP contribution in [0.1, 0.15) is 24.0 Å². The molecule has 5 nitrogen and oxygen atoms in total. The maximum absolute atomic E-state index is 12.5. The van der Waals surface area contributed by atoms with Crippen LogP contribution < -0.4 is 9.46 Å². The van der Waals surface area contributed by atoms with Gasteiger partial charge in [-0.1, -0.05) is 0 Å². The molecule has 0 bridgehead atoms. The van der Waals surface area contributed by atoms with Crippen molar-refractivity contribution in [2.24, 2.45) is 5.92 Å². The van der Waals surface area contributed by atoms with Crippen molar-refractivity contribution in [2.45, 2.75) is 31.6 Å². The summed E-state index contributed by atoms with van der Waals surface area (Å²) in [5.41, 5.74) is 1.94. The van der Waals surface area contributed by atoms with Gasteiger partial charge in [-0.15, -0.1) is 0 Å². The number of benzene rings is 1. The lowest BCUT2D eigenvalue weighted by atomic mass is 10.0. The third kappa shape index (κ3) is 3.96. The first-order chi connectivity index (χ1) is 9.94. The molecule has 1 aliphatic heterocycles. The Morgan fingerprint density at radius 3 is 2.48 bits per heavy atom. The summed E-state index contributed by atoms with van der Waals surface area (Å²) in [5.74, 6) is 0.726. The van der Waals surface area contributed by atoms with Gasteiger partial charge in [0.2, 0.25) is 10.0 Å². The van der Waals surface area contributed by atoms with Crippen molar-refractivity contribution in [1.29, 1.82) is 0 Å². The van der Waals surface area contributed by atoms with E-state index in [0.717, 1.165) is 24.0 Å². The van der Waals surface area contributed by atoms with Crippen molar-refractivity contribution in [1.82, 2.24) is 4.72 Å². The molecule has 1 fully saturated rings. The van der Waals surface area contributed by atoms with Crippen LogP contribution in [-0.4, -0.2) is 35.3 Å². The van der Waals surface area contributed by atoms with Crippen LogP contribution in [0.4, 0.5) is 0 Å². The van der Waals surface area contributed by atoms with Crippen molar-refractivity contribution in [3.8, 4) is 5.75 Å². The minimum Gasteiger partial charge on any atom is -0.495 e. The predicted octanol–water partition coefficient (Wildman–Crippen LogP) is 2.02. The Morgan fingerprint density at radius 2 is 1.86 bits per heavy atom. The maximum atomic E-state index is 12.5. The second kappa shape index (κ2) is 6.77. The zero-order valence-electron chi connectivity index (χ0n) is 12.8. The Bertz CT molecular complexity index is 592. The Morgan fingerprint density at radius 1 is 1.24 bits per heavy atom. The summed E-state index contributed by atoms with van der Waals surface area (Å²) < 4.78 is 38.2. The molecule has 1 saturated heterocycles. The molecule has 0 amide bonds. The van der Waals surface area contributed by atoms with Crippen molar-refractivity contribution in [3.05, 3.63) is 23.3 Å². The fourth-order valence-electron chi connectivity index (χ4n) is 2.39. The number of nitrogens with one attached hydrogen (secondary N) is 1. The summed E-state index contributed by atoms with van der Waals surface area (Å²) in [7, 11) is -2.07. The molecule has 0 radical (unpaired) electrons. The zero-order valence-corrected chi connectivity index (χ0v) is 13.6. The molecule has 1 aromatic carbocycles. The van der Waals surface area contributed by atoms with Gasteiger partial charge in [-0.3, -0.25) is 0 Å². The number of methoxy groups -OCH3 is 1. The highest BCUT2D eigenvalue weighted by Gasteiger charge is 2.22. The van der Waals surface area contributed by atoms with Gasteiger partial charge in [-0.25, -0.2) is 13.1 Å². The lowest BCUT2D eigenvalue weighted by Crippen LogP contribution is -2.32. The largest absolute Gasteiger partial charge is 0.495 e. The molecule has 0 aromatic heterocycles. The minimum absolute atomic E-state index is 0.208. The van der Waals surface area contributed by atoms with E-state index in [1.165, 1.54) is 7.11 Å². The normalized spacial score (nSPS) is 16.9. The molecule has 0 aliphatic carbocycles. The van der Waals surface area contributed by atoms with Gasteiger partial charge >= 0.3 is 0 Å². The predicted molar refractivity (Wildman–Crippen MR) is 81.2 cm³/mol. The molecular weight excluding hydrogens is 290 g/mol. The van der Waals surface area contributed by atoms with E-state index >= 15 is 0 Å². The van der Waals surface area contributed by atoms with Gasteiger partial charge < -0.3 is 9.47 Å². The van der Waals surface area contributed by atoms with E-state index in [9.17, 15) is 8.42 Å². The molecule has 1 heterocycles. The van der Waals surface area contributed by atoms with Crippen LogP contribution in [0.3, 0.4) is 0 Å². The number of sulfonamides is 1. The second-order valence-electron chi connectivity index (χ2n) is 5.49. The summed E-state index contributed by atoms with van der Waals surface area (Å²) >= 11 is 0. The van der Waals surface area contributed by atoms with E-state index in [2.05, 4.69) is 4.72 Å². The Balaban J connectivity index is 2.16. The number of hydrogen-bond donors (Lipinski definition) is 1. The topological polar surface area (TPSA) is 64.6 Å². The fraction of sp³-hybridized carbons (Fsp3) is 0.600. The van der Waals surface area contributed by atoms with Crippen LogP contribution in [0.5, 0.6) is 5.75 Å². The van der Waals surface area contributed by atoms with E-state index in [1.54, 1.807) is 12.1 Å².